The van der Waals surface area contributed by atoms with Gasteiger partial charge >= 0.3 is 0 Å². The molecule has 0 fully saturated rings. The molecule has 1 atom stereocenters. The van der Waals surface area contributed by atoms with Crippen molar-refractivity contribution in [1.29, 1.82) is 0 Å². The van der Waals surface area contributed by atoms with Crippen LogP contribution in [0.2, 0.25) is 0 Å². The van der Waals surface area contributed by atoms with Gasteiger partial charge in [0.15, 0.2) is 0 Å². The fourth-order valence-electron chi connectivity index (χ4n) is 2.35. The van der Waals surface area contributed by atoms with Crippen LogP contribution in [0.3, 0.4) is 0 Å². The minimum Gasteiger partial charge on any atom is -0.336 e. The number of nitrogens with zero attached hydrogens (tertiary/aromatic N) is 1. The molecule has 1 unspecified atom stereocenters. The maximum absolute atomic E-state index is 12.5. The lowest BCUT2D eigenvalue weighted by Crippen LogP contribution is -2.39. The van der Waals surface area contributed by atoms with Crippen molar-refractivity contribution in [2.75, 3.05) is 6.54 Å². The van der Waals surface area contributed by atoms with Gasteiger partial charge in [-0.05, 0) is 45.2 Å². The van der Waals surface area contributed by atoms with Crippen LogP contribution in [0, 0.1) is 0 Å². The summed E-state index contributed by atoms with van der Waals surface area (Å²) in [6, 6.07) is 9.89. The van der Waals surface area contributed by atoms with Crippen LogP contribution in [0.15, 0.2) is 42.5 Å². The number of hydrogen-bond acceptors (Lipinski definition) is 1. The molecule has 0 saturated carbocycles. The van der Waals surface area contributed by atoms with Gasteiger partial charge in [0, 0.05) is 18.2 Å². The monoisotopic (exact) mass is 259 g/mol. The maximum Gasteiger partial charge on any atom is 0.254 e. The van der Waals surface area contributed by atoms with Crippen LogP contribution in [-0.2, 0) is 0 Å². The lowest BCUT2D eigenvalue weighted by Gasteiger charge is -2.30. The average Bonchev–Trinajstić information content (AvgIpc) is 2.47. The average molecular weight is 259 g/mol. The molecule has 0 saturated heterocycles. The summed E-state index contributed by atoms with van der Waals surface area (Å²) in [5.74, 6) is 0.149. The van der Waals surface area contributed by atoms with Crippen molar-refractivity contribution in [1.82, 2.24) is 4.90 Å². The van der Waals surface area contributed by atoms with Crippen molar-refractivity contribution in [2.24, 2.45) is 0 Å². The first-order valence-corrected chi connectivity index (χ1v) is 7.21. The molecule has 0 radical (unpaired) electrons. The third-order valence-electron chi connectivity index (χ3n) is 3.44. The van der Waals surface area contributed by atoms with Crippen molar-refractivity contribution in [3.05, 3.63) is 48.0 Å². The highest BCUT2D eigenvalue weighted by molar-refractivity contribution is 5.94. The molecule has 0 aromatic heterocycles. The highest BCUT2D eigenvalue weighted by atomic mass is 16.2. The highest BCUT2D eigenvalue weighted by Crippen LogP contribution is 2.15. The Kier molecular flexibility index (Phi) is 6.94. The second kappa shape index (κ2) is 8.52. The number of amides is 1. The maximum atomic E-state index is 12.5. The van der Waals surface area contributed by atoms with E-state index in [1.807, 2.05) is 42.2 Å². The zero-order valence-corrected chi connectivity index (χ0v) is 12.3. The van der Waals surface area contributed by atoms with E-state index in [0.717, 1.165) is 31.4 Å². The molecule has 1 aromatic rings. The third-order valence-corrected chi connectivity index (χ3v) is 3.44. The zero-order chi connectivity index (χ0) is 14.1. The van der Waals surface area contributed by atoms with Crippen LogP contribution in [0.1, 0.15) is 50.4 Å². The van der Waals surface area contributed by atoms with Crippen LogP contribution in [0.4, 0.5) is 0 Å². The first-order valence-electron chi connectivity index (χ1n) is 7.21. The fraction of sp³-hybridized carbons (Fsp3) is 0.471. The van der Waals surface area contributed by atoms with Crippen molar-refractivity contribution < 1.29 is 4.79 Å². The van der Waals surface area contributed by atoms with Gasteiger partial charge in [0.05, 0.1) is 0 Å². The third kappa shape index (κ3) is 4.55. The van der Waals surface area contributed by atoms with E-state index in [0.29, 0.717) is 6.04 Å². The van der Waals surface area contributed by atoms with E-state index >= 15 is 0 Å². The molecule has 0 aliphatic heterocycles. The SMILES string of the molecule is CC=CCCC(CC)N(CC)C(=O)c1ccccc1. The quantitative estimate of drug-likeness (QED) is 0.669. The summed E-state index contributed by atoms with van der Waals surface area (Å²) in [6.07, 6.45) is 7.32. The van der Waals surface area contributed by atoms with Crippen molar-refractivity contribution in [3.8, 4) is 0 Å². The van der Waals surface area contributed by atoms with Crippen LogP contribution >= 0.6 is 0 Å². The molecule has 0 spiro atoms. The predicted molar refractivity (Wildman–Crippen MR) is 81.3 cm³/mol. The molecule has 0 bridgehead atoms. The Morgan fingerprint density at radius 1 is 1.26 bits per heavy atom. The van der Waals surface area contributed by atoms with Gasteiger partial charge in [-0.2, -0.15) is 0 Å². The first kappa shape index (κ1) is 15.5. The highest BCUT2D eigenvalue weighted by Gasteiger charge is 2.21. The van der Waals surface area contributed by atoms with E-state index in [2.05, 4.69) is 26.0 Å². The minimum atomic E-state index is 0.149. The predicted octanol–water partition coefficient (Wildman–Crippen LogP) is 4.28. The Labute approximate surface area is 117 Å². The number of allylic oxidation sites excluding steroid dienone is 2. The van der Waals surface area contributed by atoms with Gasteiger partial charge in [0.2, 0.25) is 0 Å². The second-order valence-corrected chi connectivity index (χ2v) is 4.67. The first-order chi connectivity index (χ1) is 9.24. The topological polar surface area (TPSA) is 20.3 Å². The Morgan fingerprint density at radius 3 is 2.47 bits per heavy atom. The molecule has 0 N–H and O–H groups in total. The zero-order valence-electron chi connectivity index (χ0n) is 12.3. The van der Waals surface area contributed by atoms with E-state index in [1.54, 1.807) is 0 Å². The van der Waals surface area contributed by atoms with Gasteiger partial charge in [0.1, 0.15) is 0 Å². The molecule has 2 nitrogen and oxygen atoms in total. The van der Waals surface area contributed by atoms with E-state index in [9.17, 15) is 4.79 Å². The minimum absolute atomic E-state index is 0.149. The van der Waals surface area contributed by atoms with Crippen LogP contribution in [-0.4, -0.2) is 23.4 Å². The lowest BCUT2D eigenvalue weighted by atomic mass is 10.0. The van der Waals surface area contributed by atoms with Gasteiger partial charge in [-0.1, -0.05) is 37.3 Å². The summed E-state index contributed by atoms with van der Waals surface area (Å²) in [5, 5.41) is 0. The molecule has 0 heterocycles. The standard InChI is InChI=1S/C17H25NO/c1-4-7-9-14-16(5-2)18(6-3)17(19)15-12-10-8-11-13-15/h4,7-8,10-13,16H,5-6,9,14H2,1-3H3. The fourth-order valence-corrected chi connectivity index (χ4v) is 2.35. The van der Waals surface area contributed by atoms with E-state index < -0.39 is 0 Å². The Bertz CT molecular complexity index is 397. The summed E-state index contributed by atoms with van der Waals surface area (Å²) in [6.45, 7) is 7.01. The number of rotatable bonds is 7. The molecule has 0 aliphatic rings. The van der Waals surface area contributed by atoms with Crippen LogP contribution in [0.5, 0.6) is 0 Å². The summed E-state index contributed by atoms with van der Waals surface area (Å²) >= 11 is 0. The molecule has 19 heavy (non-hydrogen) atoms. The van der Waals surface area contributed by atoms with Gasteiger partial charge in [0.25, 0.3) is 5.91 Å². The molecule has 1 aromatic carbocycles. The molecule has 104 valence electrons. The Morgan fingerprint density at radius 2 is 1.95 bits per heavy atom. The molecule has 1 amide bonds. The van der Waals surface area contributed by atoms with Crippen molar-refractivity contribution in [2.45, 2.75) is 46.1 Å². The van der Waals surface area contributed by atoms with E-state index in [4.69, 9.17) is 0 Å². The van der Waals surface area contributed by atoms with Gasteiger partial charge < -0.3 is 4.90 Å². The number of hydrogen-bond donors (Lipinski definition) is 0. The molecular weight excluding hydrogens is 234 g/mol. The number of carbonyl (C=O) groups is 1. The normalized spacial score (nSPS) is 12.6. The summed E-state index contributed by atoms with van der Waals surface area (Å²) in [5.41, 5.74) is 0.786. The Hall–Kier alpha value is -1.57. The summed E-state index contributed by atoms with van der Waals surface area (Å²) in [4.78, 5) is 14.5. The van der Waals surface area contributed by atoms with E-state index in [1.165, 1.54) is 0 Å². The number of benzene rings is 1. The van der Waals surface area contributed by atoms with Crippen LogP contribution < -0.4 is 0 Å². The van der Waals surface area contributed by atoms with Crippen molar-refractivity contribution in [3.63, 3.8) is 0 Å². The van der Waals surface area contributed by atoms with Crippen molar-refractivity contribution >= 4 is 5.91 Å². The molecule has 1 rings (SSSR count). The van der Waals surface area contributed by atoms with Crippen LogP contribution in [0.25, 0.3) is 0 Å². The molecular formula is C17H25NO. The van der Waals surface area contributed by atoms with E-state index in [-0.39, 0.29) is 5.91 Å². The summed E-state index contributed by atoms with van der Waals surface area (Å²) < 4.78 is 0. The molecule has 2 heteroatoms. The lowest BCUT2D eigenvalue weighted by molar-refractivity contribution is 0.0676. The Balaban J connectivity index is 2.76. The van der Waals surface area contributed by atoms with Gasteiger partial charge in [-0.15, -0.1) is 0 Å². The van der Waals surface area contributed by atoms with Gasteiger partial charge in [-0.3, -0.25) is 4.79 Å². The smallest absolute Gasteiger partial charge is 0.254 e. The molecule has 0 aliphatic carbocycles. The largest absolute Gasteiger partial charge is 0.336 e. The van der Waals surface area contributed by atoms with Gasteiger partial charge in [-0.25, -0.2) is 0 Å². The second-order valence-electron chi connectivity index (χ2n) is 4.67. The number of carbonyl (C=O) groups excluding carboxylic acids is 1. The summed E-state index contributed by atoms with van der Waals surface area (Å²) in [7, 11) is 0.